The molecule has 2 nitrogen and oxygen atoms in total. The molecule has 0 aromatic heterocycles. The molecule has 0 saturated heterocycles. The van der Waals surface area contributed by atoms with Gasteiger partial charge in [0.1, 0.15) is 5.75 Å². The first-order chi connectivity index (χ1) is 15.7. The second kappa shape index (κ2) is 14.1. The fourth-order valence-electron chi connectivity index (χ4n) is 6.02. The topological polar surface area (TPSA) is 26.3 Å². The number of esters is 1. The molecule has 2 fully saturated rings. The normalized spacial score (nSPS) is 26.1. The van der Waals surface area contributed by atoms with Gasteiger partial charge in [-0.3, -0.25) is 4.79 Å². The van der Waals surface area contributed by atoms with Gasteiger partial charge >= 0.3 is 5.97 Å². The van der Waals surface area contributed by atoms with Crippen molar-refractivity contribution in [3.8, 4) is 5.75 Å². The Morgan fingerprint density at radius 3 is 1.84 bits per heavy atom. The zero-order valence-electron chi connectivity index (χ0n) is 21.0. The Bertz CT molecular complexity index is 633. The lowest BCUT2D eigenvalue weighted by atomic mass is 9.77. The van der Waals surface area contributed by atoms with Gasteiger partial charge in [0.2, 0.25) is 0 Å². The summed E-state index contributed by atoms with van der Waals surface area (Å²) in [5.41, 5.74) is 1.43. The van der Waals surface area contributed by atoms with Crippen LogP contribution in [0.25, 0.3) is 0 Å². The van der Waals surface area contributed by atoms with Gasteiger partial charge in [-0.05, 0) is 86.8 Å². The highest BCUT2D eigenvalue weighted by atomic mass is 16.5. The Labute approximate surface area is 197 Å². The summed E-state index contributed by atoms with van der Waals surface area (Å²) in [6.07, 6.45) is 22.1. The molecule has 2 aliphatic rings. The molecular weight excluding hydrogens is 392 g/mol. The lowest BCUT2D eigenvalue weighted by Crippen LogP contribution is -2.25. The van der Waals surface area contributed by atoms with E-state index in [9.17, 15) is 4.79 Å². The fourth-order valence-corrected chi connectivity index (χ4v) is 6.02. The predicted molar refractivity (Wildman–Crippen MR) is 135 cm³/mol. The summed E-state index contributed by atoms with van der Waals surface area (Å²) in [6, 6.07) is 8.47. The van der Waals surface area contributed by atoms with Crippen LogP contribution >= 0.6 is 0 Å². The fraction of sp³-hybridized carbons (Fsp3) is 0.767. The maximum Gasteiger partial charge on any atom is 0.314 e. The number of benzene rings is 1. The molecule has 0 amide bonds. The molecule has 0 unspecified atom stereocenters. The molecule has 2 aliphatic carbocycles. The molecular formula is C30H48O2. The van der Waals surface area contributed by atoms with E-state index < -0.39 is 0 Å². The Morgan fingerprint density at radius 1 is 0.719 bits per heavy atom. The first kappa shape index (κ1) is 25.3. The van der Waals surface area contributed by atoms with Crippen LogP contribution in [0.5, 0.6) is 5.75 Å². The molecule has 0 N–H and O–H groups in total. The standard InChI is InChI=1S/C30H48O2/c1-3-5-7-9-11-25-14-18-28(19-15-25)30(31)32-29-22-20-27(21-23-29)26-16-12-24(13-17-26)10-8-6-4-2/h20-26,28H,3-19H2,1-2H3. The Hall–Kier alpha value is -1.31. The SMILES string of the molecule is CCCCCCC1CCC(C(=O)Oc2ccc(C3CCC(CCCCC)CC3)cc2)CC1. The van der Waals surface area contributed by atoms with Gasteiger partial charge in [-0.15, -0.1) is 0 Å². The number of ether oxygens (including phenoxy) is 1. The summed E-state index contributed by atoms with van der Waals surface area (Å²) in [5, 5.41) is 0. The zero-order chi connectivity index (χ0) is 22.6. The van der Waals surface area contributed by atoms with Crippen LogP contribution in [0.3, 0.4) is 0 Å². The average Bonchev–Trinajstić information content (AvgIpc) is 2.83. The molecule has 2 heteroatoms. The summed E-state index contributed by atoms with van der Waals surface area (Å²) in [7, 11) is 0. The van der Waals surface area contributed by atoms with Crippen LogP contribution in [-0.4, -0.2) is 5.97 Å². The Balaban J connectivity index is 1.36. The summed E-state index contributed by atoms with van der Waals surface area (Å²) < 4.78 is 5.78. The van der Waals surface area contributed by atoms with Gasteiger partial charge in [0.15, 0.2) is 0 Å². The van der Waals surface area contributed by atoms with E-state index >= 15 is 0 Å². The number of carbonyl (C=O) groups is 1. The van der Waals surface area contributed by atoms with Crippen molar-refractivity contribution >= 4 is 5.97 Å². The first-order valence-corrected chi connectivity index (χ1v) is 14.0. The van der Waals surface area contributed by atoms with E-state index in [4.69, 9.17) is 4.74 Å². The monoisotopic (exact) mass is 440 g/mol. The van der Waals surface area contributed by atoms with Gasteiger partial charge in [0.25, 0.3) is 0 Å². The number of unbranched alkanes of at least 4 members (excludes halogenated alkanes) is 5. The summed E-state index contributed by atoms with van der Waals surface area (Å²) in [6.45, 7) is 4.56. The lowest BCUT2D eigenvalue weighted by Gasteiger charge is -2.29. The quantitative estimate of drug-likeness (QED) is 0.184. The van der Waals surface area contributed by atoms with Crippen molar-refractivity contribution < 1.29 is 9.53 Å². The van der Waals surface area contributed by atoms with Crippen LogP contribution in [0.4, 0.5) is 0 Å². The highest BCUT2D eigenvalue weighted by Gasteiger charge is 2.28. The van der Waals surface area contributed by atoms with E-state index in [0.717, 1.165) is 30.4 Å². The summed E-state index contributed by atoms with van der Waals surface area (Å²) in [5.74, 6) is 3.30. The molecule has 0 spiro atoms. The minimum atomic E-state index is -0.00484. The molecule has 180 valence electrons. The molecule has 0 bridgehead atoms. The van der Waals surface area contributed by atoms with Crippen molar-refractivity contribution in [1.82, 2.24) is 0 Å². The van der Waals surface area contributed by atoms with Crippen molar-refractivity contribution in [2.45, 2.75) is 129 Å². The molecule has 2 saturated carbocycles. The Morgan fingerprint density at radius 2 is 1.25 bits per heavy atom. The van der Waals surface area contributed by atoms with E-state index in [1.54, 1.807) is 0 Å². The van der Waals surface area contributed by atoms with Crippen LogP contribution in [0.2, 0.25) is 0 Å². The van der Waals surface area contributed by atoms with E-state index in [-0.39, 0.29) is 11.9 Å². The largest absolute Gasteiger partial charge is 0.426 e. The highest BCUT2D eigenvalue weighted by molar-refractivity contribution is 5.75. The molecule has 0 aliphatic heterocycles. The van der Waals surface area contributed by atoms with Gasteiger partial charge in [-0.1, -0.05) is 83.8 Å². The zero-order valence-corrected chi connectivity index (χ0v) is 21.0. The second-order valence-corrected chi connectivity index (χ2v) is 10.8. The predicted octanol–water partition coefficient (Wildman–Crippen LogP) is 9.22. The lowest BCUT2D eigenvalue weighted by molar-refractivity contribution is -0.140. The first-order valence-electron chi connectivity index (χ1n) is 14.0. The van der Waals surface area contributed by atoms with Crippen molar-refractivity contribution in [2.75, 3.05) is 0 Å². The number of rotatable bonds is 12. The molecule has 3 rings (SSSR count). The van der Waals surface area contributed by atoms with Crippen molar-refractivity contribution in [3.05, 3.63) is 29.8 Å². The van der Waals surface area contributed by atoms with E-state index in [2.05, 4.69) is 26.0 Å². The van der Waals surface area contributed by atoms with Crippen LogP contribution in [0.15, 0.2) is 24.3 Å². The van der Waals surface area contributed by atoms with E-state index in [1.165, 1.54) is 102 Å². The van der Waals surface area contributed by atoms with Crippen LogP contribution in [-0.2, 0) is 4.79 Å². The average molecular weight is 441 g/mol. The Kier molecular flexibility index (Phi) is 11.1. The third-order valence-corrected chi connectivity index (χ3v) is 8.28. The van der Waals surface area contributed by atoms with Gasteiger partial charge < -0.3 is 4.74 Å². The molecule has 1 aromatic rings. The van der Waals surface area contributed by atoms with Crippen molar-refractivity contribution in [3.63, 3.8) is 0 Å². The summed E-state index contributed by atoms with van der Waals surface area (Å²) in [4.78, 5) is 12.7. The third kappa shape index (κ3) is 8.23. The second-order valence-electron chi connectivity index (χ2n) is 10.8. The summed E-state index contributed by atoms with van der Waals surface area (Å²) >= 11 is 0. The highest BCUT2D eigenvalue weighted by Crippen LogP contribution is 2.38. The minimum absolute atomic E-state index is 0.00484. The maximum absolute atomic E-state index is 12.7. The number of hydrogen-bond acceptors (Lipinski definition) is 2. The van der Waals surface area contributed by atoms with Crippen LogP contribution < -0.4 is 4.74 Å². The molecule has 32 heavy (non-hydrogen) atoms. The number of carbonyl (C=O) groups excluding carboxylic acids is 1. The van der Waals surface area contributed by atoms with Gasteiger partial charge in [-0.2, -0.15) is 0 Å². The van der Waals surface area contributed by atoms with Crippen molar-refractivity contribution in [1.29, 1.82) is 0 Å². The van der Waals surface area contributed by atoms with Gasteiger partial charge in [0.05, 0.1) is 5.92 Å². The smallest absolute Gasteiger partial charge is 0.314 e. The molecule has 0 heterocycles. The van der Waals surface area contributed by atoms with Gasteiger partial charge in [0, 0.05) is 0 Å². The number of hydrogen-bond donors (Lipinski definition) is 0. The maximum atomic E-state index is 12.7. The van der Waals surface area contributed by atoms with Crippen LogP contribution in [0, 0.1) is 17.8 Å². The molecule has 0 atom stereocenters. The van der Waals surface area contributed by atoms with Gasteiger partial charge in [-0.25, -0.2) is 0 Å². The third-order valence-electron chi connectivity index (χ3n) is 8.28. The molecule has 0 radical (unpaired) electrons. The van der Waals surface area contributed by atoms with E-state index in [1.807, 2.05) is 12.1 Å². The van der Waals surface area contributed by atoms with Crippen LogP contribution in [0.1, 0.15) is 134 Å². The van der Waals surface area contributed by atoms with Crippen molar-refractivity contribution in [2.24, 2.45) is 17.8 Å². The minimum Gasteiger partial charge on any atom is -0.426 e. The molecule has 1 aromatic carbocycles. The van der Waals surface area contributed by atoms with E-state index in [0.29, 0.717) is 5.92 Å².